The average molecular weight is 268 g/mol. The van der Waals surface area contributed by atoms with Gasteiger partial charge >= 0.3 is 0 Å². The van der Waals surface area contributed by atoms with Crippen molar-refractivity contribution >= 4 is 0 Å². The van der Waals surface area contributed by atoms with Crippen LogP contribution < -0.4 is 11.3 Å². The molecule has 0 fully saturated rings. The predicted octanol–water partition coefficient (Wildman–Crippen LogP) is 2.65. The second kappa shape index (κ2) is 6.98. The Morgan fingerprint density at radius 2 is 2.05 bits per heavy atom. The standard InChI is InChI=1S/C15H25FN2O/c1-5-19-14(15(2,3)4)13(18-17)10-11-7-6-8-12(16)9-11/h6-9,13-14,18H,5,10,17H2,1-4H3. The highest BCUT2D eigenvalue weighted by Gasteiger charge is 2.32. The molecular weight excluding hydrogens is 243 g/mol. The summed E-state index contributed by atoms with van der Waals surface area (Å²) in [5, 5.41) is 0. The molecule has 4 heteroatoms. The summed E-state index contributed by atoms with van der Waals surface area (Å²) in [6, 6.07) is 6.54. The second-order valence-electron chi connectivity index (χ2n) is 5.85. The van der Waals surface area contributed by atoms with Gasteiger partial charge in [0.1, 0.15) is 5.82 Å². The maximum atomic E-state index is 13.2. The molecule has 108 valence electrons. The van der Waals surface area contributed by atoms with Gasteiger partial charge in [-0.3, -0.25) is 11.3 Å². The maximum absolute atomic E-state index is 13.2. The molecule has 0 saturated carbocycles. The van der Waals surface area contributed by atoms with Crippen molar-refractivity contribution in [3.05, 3.63) is 35.6 Å². The Balaban J connectivity index is 2.86. The van der Waals surface area contributed by atoms with Gasteiger partial charge < -0.3 is 4.74 Å². The van der Waals surface area contributed by atoms with Crippen LogP contribution in [0.5, 0.6) is 0 Å². The first-order valence-electron chi connectivity index (χ1n) is 6.70. The van der Waals surface area contributed by atoms with Crippen molar-refractivity contribution in [2.45, 2.75) is 46.3 Å². The van der Waals surface area contributed by atoms with Gasteiger partial charge in [0.05, 0.1) is 12.1 Å². The Morgan fingerprint density at radius 1 is 1.37 bits per heavy atom. The number of nitrogens with two attached hydrogens (primary N) is 1. The number of hydrogen-bond acceptors (Lipinski definition) is 3. The summed E-state index contributed by atoms with van der Waals surface area (Å²) in [7, 11) is 0. The van der Waals surface area contributed by atoms with Crippen LogP contribution in [0.15, 0.2) is 24.3 Å². The summed E-state index contributed by atoms with van der Waals surface area (Å²) >= 11 is 0. The first kappa shape index (κ1) is 16.1. The third kappa shape index (κ3) is 4.90. The molecule has 0 aliphatic heterocycles. The minimum absolute atomic E-state index is 0.0363. The summed E-state index contributed by atoms with van der Waals surface area (Å²) in [6.45, 7) is 8.94. The van der Waals surface area contributed by atoms with E-state index in [-0.39, 0.29) is 23.4 Å². The van der Waals surface area contributed by atoms with Gasteiger partial charge in [0.2, 0.25) is 0 Å². The van der Waals surface area contributed by atoms with Gasteiger partial charge in [-0.25, -0.2) is 4.39 Å². The fourth-order valence-corrected chi connectivity index (χ4v) is 2.32. The van der Waals surface area contributed by atoms with E-state index in [0.717, 1.165) is 5.56 Å². The monoisotopic (exact) mass is 268 g/mol. The van der Waals surface area contributed by atoms with E-state index >= 15 is 0 Å². The number of nitrogens with one attached hydrogen (secondary N) is 1. The van der Waals surface area contributed by atoms with E-state index in [9.17, 15) is 4.39 Å². The Hall–Kier alpha value is -0.970. The van der Waals surface area contributed by atoms with Crippen molar-refractivity contribution in [2.75, 3.05) is 6.61 Å². The van der Waals surface area contributed by atoms with Crippen molar-refractivity contribution in [1.29, 1.82) is 0 Å². The molecule has 0 spiro atoms. The number of halogens is 1. The third-order valence-electron chi connectivity index (χ3n) is 3.12. The smallest absolute Gasteiger partial charge is 0.123 e. The van der Waals surface area contributed by atoms with Crippen LogP contribution in [0.1, 0.15) is 33.3 Å². The topological polar surface area (TPSA) is 47.3 Å². The summed E-state index contributed by atoms with van der Waals surface area (Å²) in [5.74, 6) is 5.44. The van der Waals surface area contributed by atoms with Gasteiger partial charge in [0.15, 0.2) is 0 Å². The molecule has 3 N–H and O–H groups in total. The summed E-state index contributed by atoms with van der Waals surface area (Å²) in [5.41, 5.74) is 3.69. The number of rotatable bonds is 6. The summed E-state index contributed by atoms with van der Waals surface area (Å²) < 4.78 is 19.0. The number of ether oxygens (including phenoxy) is 1. The molecule has 0 amide bonds. The predicted molar refractivity (Wildman–Crippen MR) is 76.1 cm³/mol. The van der Waals surface area contributed by atoms with Crippen molar-refractivity contribution in [3.8, 4) is 0 Å². The number of benzene rings is 1. The highest BCUT2D eigenvalue weighted by molar-refractivity contribution is 5.18. The third-order valence-corrected chi connectivity index (χ3v) is 3.12. The van der Waals surface area contributed by atoms with Gasteiger partial charge in [-0.2, -0.15) is 0 Å². The fourth-order valence-electron chi connectivity index (χ4n) is 2.32. The molecule has 1 aromatic carbocycles. The van der Waals surface area contributed by atoms with E-state index < -0.39 is 0 Å². The molecule has 0 bridgehead atoms. The van der Waals surface area contributed by atoms with Gasteiger partial charge in [0, 0.05) is 6.61 Å². The lowest BCUT2D eigenvalue weighted by Crippen LogP contribution is -2.52. The highest BCUT2D eigenvalue weighted by Crippen LogP contribution is 2.26. The lowest BCUT2D eigenvalue weighted by molar-refractivity contribution is -0.0356. The van der Waals surface area contributed by atoms with Crippen LogP contribution >= 0.6 is 0 Å². The van der Waals surface area contributed by atoms with Crippen LogP contribution in [-0.4, -0.2) is 18.8 Å². The van der Waals surface area contributed by atoms with Crippen LogP contribution in [0.3, 0.4) is 0 Å². The highest BCUT2D eigenvalue weighted by atomic mass is 19.1. The molecule has 0 saturated heterocycles. The van der Waals surface area contributed by atoms with Gasteiger partial charge in [-0.05, 0) is 36.5 Å². The van der Waals surface area contributed by atoms with Gasteiger partial charge in [-0.15, -0.1) is 0 Å². The molecule has 0 aliphatic carbocycles. The quantitative estimate of drug-likeness (QED) is 0.616. The zero-order valence-electron chi connectivity index (χ0n) is 12.2. The number of hydrazine groups is 1. The lowest BCUT2D eigenvalue weighted by Gasteiger charge is -2.36. The molecule has 1 aromatic rings. The van der Waals surface area contributed by atoms with Crippen LogP contribution in [0.25, 0.3) is 0 Å². The molecule has 0 heterocycles. The van der Waals surface area contributed by atoms with E-state index in [1.165, 1.54) is 12.1 Å². The number of hydrogen-bond donors (Lipinski definition) is 2. The fraction of sp³-hybridized carbons (Fsp3) is 0.600. The molecule has 0 radical (unpaired) electrons. The zero-order chi connectivity index (χ0) is 14.5. The Kier molecular flexibility index (Phi) is 5.91. The normalized spacial score (nSPS) is 15.3. The zero-order valence-corrected chi connectivity index (χ0v) is 12.2. The van der Waals surface area contributed by atoms with E-state index in [4.69, 9.17) is 10.6 Å². The van der Waals surface area contributed by atoms with Crippen molar-refractivity contribution in [3.63, 3.8) is 0 Å². The maximum Gasteiger partial charge on any atom is 0.123 e. The van der Waals surface area contributed by atoms with Gasteiger partial charge in [-0.1, -0.05) is 32.9 Å². The molecule has 3 nitrogen and oxygen atoms in total. The van der Waals surface area contributed by atoms with Crippen molar-refractivity contribution in [2.24, 2.45) is 11.3 Å². The first-order chi connectivity index (χ1) is 8.88. The van der Waals surface area contributed by atoms with Crippen LogP contribution in [0, 0.1) is 11.2 Å². The lowest BCUT2D eigenvalue weighted by atomic mass is 9.82. The molecule has 2 atom stereocenters. The molecular formula is C15H25FN2O. The molecule has 19 heavy (non-hydrogen) atoms. The van der Waals surface area contributed by atoms with Crippen molar-refractivity contribution < 1.29 is 9.13 Å². The summed E-state index contributed by atoms with van der Waals surface area (Å²) in [4.78, 5) is 0. The van der Waals surface area contributed by atoms with Gasteiger partial charge in [0.25, 0.3) is 0 Å². The van der Waals surface area contributed by atoms with Crippen LogP contribution in [-0.2, 0) is 11.2 Å². The van der Waals surface area contributed by atoms with Crippen molar-refractivity contribution in [1.82, 2.24) is 5.43 Å². The van der Waals surface area contributed by atoms with E-state index in [1.807, 2.05) is 13.0 Å². The van der Waals surface area contributed by atoms with Crippen LogP contribution in [0.2, 0.25) is 0 Å². The van der Waals surface area contributed by atoms with E-state index in [0.29, 0.717) is 13.0 Å². The van der Waals surface area contributed by atoms with E-state index in [2.05, 4.69) is 26.2 Å². The Morgan fingerprint density at radius 3 is 2.53 bits per heavy atom. The average Bonchev–Trinajstić information content (AvgIpc) is 2.32. The Labute approximate surface area is 115 Å². The largest absolute Gasteiger partial charge is 0.376 e. The van der Waals surface area contributed by atoms with Crippen LogP contribution in [0.4, 0.5) is 4.39 Å². The first-order valence-corrected chi connectivity index (χ1v) is 6.70. The van der Waals surface area contributed by atoms with E-state index in [1.54, 1.807) is 6.07 Å². The molecule has 1 rings (SSSR count). The second-order valence-corrected chi connectivity index (χ2v) is 5.85. The summed E-state index contributed by atoms with van der Waals surface area (Å²) in [6.07, 6.45) is 0.599. The Bertz CT molecular complexity index is 390. The molecule has 2 unspecified atom stereocenters. The molecule has 0 aromatic heterocycles. The SMILES string of the molecule is CCOC(C(Cc1cccc(F)c1)NN)C(C)(C)C. The minimum Gasteiger partial charge on any atom is -0.376 e. The minimum atomic E-state index is -0.225. The molecule has 0 aliphatic rings.